The summed E-state index contributed by atoms with van der Waals surface area (Å²) in [4.78, 5) is 28.3. The van der Waals surface area contributed by atoms with E-state index in [4.69, 9.17) is 15.2 Å². The minimum Gasteiger partial charge on any atom is -0.465 e. The van der Waals surface area contributed by atoms with E-state index in [9.17, 15) is 22.8 Å². The number of hydrogen-bond donors (Lipinski definition) is 1. The molecule has 1 atom stereocenters. The number of alkyl halides is 3. The molecule has 0 aliphatic heterocycles. The van der Waals surface area contributed by atoms with E-state index in [2.05, 4.69) is 10.1 Å². The average molecular weight is 400 g/mol. The Morgan fingerprint density at radius 1 is 1.11 bits per heavy atom. The third-order valence-corrected chi connectivity index (χ3v) is 3.71. The van der Waals surface area contributed by atoms with Crippen molar-refractivity contribution in [1.82, 2.24) is 14.8 Å². The SMILES string of the molecule is CCOC(=O)C(C(=O)OCC)[C@@H](c1ccccc1)n1nc(C(F)(F)F)nc1N. The van der Waals surface area contributed by atoms with Crippen LogP contribution in [-0.4, -0.2) is 39.9 Å². The maximum atomic E-state index is 13.0. The third-order valence-electron chi connectivity index (χ3n) is 3.71. The lowest BCUT2D eigenvalue weighted by molar-refractivity contribution is -0.163. The van der Waals surface area contributed by atoms with Gasteiger partial charge in [0.15, 0.2) is 5.92 Å². The van der Waals surface area contributed by atoms with Crippen molar-refractivity contribution in [1.29, 1.82) is 0 Å². The minimum absolute atomic E-state index is 0.0448. The molecule has 0 unspecified atom stereocenters. The number of carbonyl (C=O) groups excluding carboxylic acids is 2. The smallest absolute Gasteiger partial charge is 0.453 e. The van der Waals surface area contributed by atoms with E-state index in [0.717, 1.165) is 0 Å². The van der Waals surface area contributed by atoms with E-state index in [1.807, 2.05) is 0 Å². The predicted octanol–water partition coefficient (Wildman–Crippen LogP) is 2.21. The Kier molecular flexibility index (Phi) is 6.60. The first kappa shape index (κ1) is 21.2. The van der Waals surface area contributed by atoms with Gasteiger partial charge in [0.25, 0.3) is 5.82 Å². The number of ether oxygens (including phenoxy) is 2. The lowest BCUT2D eigenvalue weighted by atomic mass is 9.93. The Bertz CT molecular complexity index is 806. The molecule has 1 heterocycles. The summed E-state index contributed by atoms with van der Waals surface area (Å²) in [6.07, 6.45) is -4.86. The zero-order valence-electron chi connectivity index (χ0n) is 15.1. The molecule has 2 aromatic rings. The van der Waals surface area contributed by atoms with Gasteiger partial charge in [0.1, 0.15) is 6.04 Å². The first-order valence-corrected chi connectivity index (χ1v) is 8.38. The van der Waals surface area contributed by atoms with Crippen molar-refractivity contribution in [2.75, 3.05) is 18.9 Å². The second kappa shape index (κ2) is 8.72. The first-order chi connectivity index (χ1) is 13.2. The molecular weight excluding hydrogens is 381 g/mol. The highest BCUT2D eigenvalue weighted by molar-refractivity contribution is 5.96. The average Bonchev–Trinajstić information content (AvgIpc) is 3.02. The van der Waals surface area contributed by atoms with Gasteiger partial charge in [-0.05, 0) is 19.4 Å². The van der Waals surface area contributed by atoms with Gasteiger partial charge >= 0.3 is 18.1 Å². The molecule has 28 heavy (non-hydrogen) atoms. The number of benzene rings is 1. The number of halogens is 3. The van der Waals surface area contributed by atoms with Crippen LogP contribution in [0.5, 0.6) is 0 Å². The molecule has 0 spiro atoms. The molecule has 0 aliphatic rings. The summed E-state index contributed by atoms with van der Waals surface area (Å²) in [5.41, 5.74) is 5.95. The zero-order valence-corrected chi connectivity index (χ0v) is 15.1. The number of nitrogen functional groups attached to an aromatic ring is 1. The quantitative estimate of drug-likeness (QED) is 0.561. The molecule has 1 aromatic carbocycles. The summed E-state index contributed by atoms with van der Waals surface area (Å²) in [5.74, 6) is -5.68. The largest absolute Gasteiger partial charge is 0.465 e. The first-order valence-electron chi connectivity index (χ1n) is 8.38. The lowest BCUT2D eigenvalue weighted by Gasteiger charge is -2.25. The molecule has 0 saturated carbocycles. The van der Waals surface area contributed by atoms with Crippen molar-refractivity contribution in [3.8, 4) is 0 Å². The fourth-order valence-electron chi connectivity index (χ4n) is 2.60. The molecule has 0 fully saturated rings. The van der Waals surface area contributed by atoms with Crippen LogP contribution in [0, 0.1) is 5.92 Å². The molecule has 1 aromatic heterocycles. The second-order valence-corrected chi connectivity index (χ2v) is 5.57. The molecule has 0 amide bonds. The number of carbonyl (C=O) groups is 2. The van der Waals surface area contributed by atoms with Crippen molar-refractivity contribution in [2.45, 2.75) is 26.1 Å². The van der Waals surface area contributed by atoms with Gasteiger partial charge in [0.2, 0.25) is 5.95 Å². The van der Waals surface area contributed by atoms with Crippen LogP contribution in [0.3, 0.4) is 0 Å². The van der Waals surface area contributed by atoms with Gasteiger partial charge in [-0.1, -0.05) is 30.3 Å². The molecule has 2 N–H and O–H groups in total. The highest BCUT2D eigenvalue weighted by Gasteiger charge is 2.43. The fraction of sp³-hybridized carbons (Fsp3) is 0.412. The minimum atomic E-state index is -4.86. The fourth-order valence-corrected chi connectivity index (χ4v) is 2.60. The Morgan fingerprint density at radius 3 is 2.07 bits per heavy atom. The number of hydrogen-bond acceptors (Lipinski definition) is 7. The van der Waals surface area contributed by atoms with Gasteiger partial charge in [-0.25, -0.2) is 4.68 Å². The van der Waals surface area contributed by atoms with E-state index < -0.39 is 41.8 Å². The van der Waals surface area contributed by atoms with E-state index in [-0.39, 0.29) is 13.2 Å². The normalized spacial score (nSPS) is 12.6. The molecule has 0 radical (unpaired) electrons. The molecular formula is C17H19F3N4O4. The van der Waals surface area contributed by atoms with Gasteiger partial charge in [-0.3, -0.25) is 9.59 Å². The lowest BCUT2D eigenvalue weighted by Crippen LogP contribution is -2.37. The van der Waals surface area contributed by atoms with Crippen LogP contribution in [0.4, 0.5) is 19.1 Å². The summed E-state index contributed by atoms with van der Waals surface area (Å²) in [7, 11) is 0. The summed E-state index contributed by atoms with van der Waals surface area (Å²) >= 11 is 0. The summed E-state index contributed by atoms with van der Waals surface area (Å²) in [6.45, 7) is 2.97. The van der Waals surface area contributed by atoms with Gasteiger partial charge in [0.05, 0.1) is 13.2 Å². The van der Waals surface area contributed by atoms with Gasteiger partial charge in [-0.2, -0.15) is 18.2 Å². The molecule has 0 saturated heterocycles. The summed E-state index contributed by atoms with van der Waals surface area (Å²) in [6, 6.07) is 6.54. The summed E-state index contributed by atoms with van der Waals surface area (Å²) in [5, 5.41) is 3.40. The number of nitrogens with two attached hydrogens (primary N) is 1. The molecule has 0 bridgehead atoms. The van der Waals surface area contributed by atoms with Crippen molar-refractivity contribution < 1.29 is 32.2 Å². The van der Waals surface area contributed by atoms with Crippen LogP contribution in [-0.2, 0) is 25.2 Å². The second-order valence-electron chi connectivity index (χ2n) is 5.57. The Hall–Kier alpha value is -3.11. The van der Waals surface area contributed by atoms with Crippen molar-refractivity contribution in [2.24, 2.45) is 5.92 Å². The molecule has 2 rings (SSSR count). The predicted molar refractivity (Wildman–Crippen MR) is 90.8 cm³/mol. The van der Waals surface area contributed by atoms with Gasteiger partial charge in [-0.15, -0.1) is 5.10 Å². The maximum Gasteiger partial charge on any atom is 0.453 e. The van der Waals surface area contributed by atoms with Crippen molar-refractivity contribution >= 4 is 17.9 Å². The number of rotatable bonds is 7. The zero-order chi connectivity index (χ0) is 20.9. The standard InChI is InChI=1S/C17H19F3N4O4/c1-3-27-13(25)11(14(26)28-4-2)12(10-8-6-5-7-9-10)24-16(21)22-15(23-24)17(18,19)20/h5-9,11-12H,3-4H2,1-2H3,(H2,21,22,23)/t12-/m1/s1. The van der Waals surface area contributed by atoms with Gasteiger partial charge < -0.3 is 15.2 Å². The van der Waals surface area contributed by atoms with Crippen LogP contribution in [0.2, 0.25) is 0 Å². The van der Waals surface area contributed by atoms with Crippen LogP contribution in [0.1, 0.15) is 31.3 Å². The van der Waals surface area contributed by atoms with Crippen molar-refractivity contribution in [3.05, 3.63) is 41.7 Å². The molecule has 0 aliphatic carbocycles. The summed E-state index contributed by atoms with van der Waals surface area (Å²) < 4.78 is 49.7. The topological polar surface area (TPSA) is 109 Å². The number of aromatic nitrogens is 3. The Labute approximate surface area is 158 Å². The molecule has 11 heteroatoms. The Balaban J connectivity index is 2.66. The van der Waals surface area contributed by atoms with Crippen LogP contribution in [0.25, 0.3) is 0 Å². The number of nitrogens with zero attached hydrogens (tertiary/aromatic N) is 3. The maximum absolute atomic E-state index is 13.0. The van der Waals surface area contributed by atoms with E-state index in [0.29, 0.717) is 10.2 Å². The van der Waals surface area contributed by atoms with Crippen molar-refractivity contribution in [3.63, 3.8) is 0 Å². The third kappa shape index (κ3) is 4.59. The Morgan fingerprint density at radius 2 is 1.64 bits per heavy atom. The number of anilines is 1. The molecule has 152 valence electrons. The van der Waals surface area contributed by atoms with Crippen LogP contribution < -0.4 is 5.73 Å². The number of esters is 2. The van der Waals surface area contributed by atoms with Crippen LogP contribution in [0.15, 0.2) is 30.3 Å². The van der Waals surface area contributed by atoms with E-state index in [1.54, 1.807) is 18.2 Å². The van der Waals surface area contributed by atoms with Gasteiger partial charge in [0, 0.05) is 0 Å². The van der Waals surface area contributed by atoms with E-state index in [1.165, 1.54) is 26.0 Å². The monoisotopic (exact) mass is 400 g/mol. The van der Waals surface area contributed by atoms with Crippen LogP contribution >= 0.6 is 0 Å². The molecule has 8 nitrogen and oxygen atoms in total. The highest BCUT2D eigenvalue weighted by atomic mass is 19.4. The van der Waals surface area contributed by atoms with E-state index >= 15 is 0 Å². The highest BCUT2D eigenvalue weighted by Crippen LogP contribution is 2.33.